The molecule has 0 fully saturated rings. The molecule has 0 heterocycles. The molecule has 2 aromatic carbocycles. The van der Waals surface area contributed by atoms with Crippen LogP contribution in [0.2, 0.25) is 0 Å². The van der Waals surface area contributed by atoms with Gasteiger partial charge in [-0.25, -0.2) is 0 Å². The minimum absolute atomic E-state index is 0.165. The number of hydrogen-bond acceptors (Lipinski definition) is 4. The number of nitrogens with zero attached hydrogens (tertiary/aromatic N) is 1. The van der Waals surface area contributed by atoms with Gasteiger partial charge >= 0.3 is 5.97 Å². The summed E-state index contributed by atoms with van der Waals surface area (Å²) >= 11 is 0. The van der Waals surface area contributed by atoms with E-state index in [1.807, 2.05) is 55.5 Å². The van der Waals surface area contributed by atoms with Gasteiger partial charge in [0.1, 0.15) is 0 Å². The third-order valence-corrected chi connectivity index (χ3v) is 3.70. The first-order chi connectivity index (χ1) is 11.2. The second-order valence-electron chi connectivity index (χ2n) is 5.41. The normalized spacial score (nSPS) is 11.5. The van der Waals surface area contributed by atoms with Crippen molar-refractivity contribution in [1.29, 1.82) is 5.26 Å². The third kappa shape index (κ3) is 4.41. The number of nitrogens with one attached hydrogen (secondary N) is 1. The standard InChI is InChI=1S/C19H20N2O2/c1-14(19(22)23-2)12-21-13-15-7-9-16(10-8-15)18-6-4-3-5-17(18)11-20/h3-10,14,21H,12-13H2,1-2H3. The molecule has 2 rings (SSSR count). The van der Waals surface area contributed by atoms with Crippen LogP contribution < -0.4 is 5.32 Å². The summed E-state index contributed by atoms with van der Waals surface area (Å²) in [5.41, 5.74) is 3.76. The molecule has 1 N–H and O–H groups in total. The largest absolute Gasteiger partial charge is 0.469 e. The van der Waals surface area contributed by atoms with Crippen molar-refractivity contribution in [1.82, 2.24) is 5.32 Å². The molecule has 0 aromatic heterocycles. The molecule has 4 nitrogen and oxygen atoms in total. The second-order valence-corrected chi connectivity index (χ2v) is 5.41. The highest BCUT2D eigenvalue weighted by Crippen LogP contribution is 2.23. The molecular formula is C19H20N2O2. The number of ether oxygens (including phenoxy) is 1. The van der Waals surface area contributed by atoms with Crippen LogP contribution in [0.15, 0.2) is 48.5 Å². The summed E-state index contributed by atoms with van der Waals surface area (Å²) < 4.78 is 4.70. The summed E-state index contributed by atoms with van der Waals surface area (Å²) in [6.07, 6.45) is 0. The summed E-state index contributed by atoms with van der Waals surface area (Å²) in [5.74, 6) is -0.372. The van der Waals surface area contributed by atoms with Gasteiger partial charge in [0, 0.05) is 13.1 Å². The molecule has 118 valence electrons. The molecule has 0 aliphatic rings. The minimum Gasteiger partial charge on any atom is -0.469 e. The van der Waals surface area contributed by atoms with Crippen LogP contribution in [0.3, 0.4) is 0 Å². The topological polar surface area (TPSA) is 62.1 Å². The van der Waals surface area contributed by atoms with Crippen LogP contribution in [0.5, 0.6) is 0 Å². The molecule has 1 atom stereocenters. The lowest BCUT2D eigenvalue weighted by atomic mass is 9.99. The number of methoxy groups -OCH3 is 1. The Kier molecular flexibility index (Phi) is 5.90. The van der Waals surface area contributed by atoms with E-state index in [1.165, 1.54) is 7.11 Å². The number of benzene rings is 2. The molecule has 23 heavy (non-hydrogen) atoms. The lowest BCUT2D eigenvalue weighted by Gasteiger charge is -2.11. The van der Waals surface area contributed by atoms with Gasteiger partial charge in [0.05, 0.1) is 24.7 Å². The van der Waals surface area contributed by atoms with E-state index in [4.69, 9.17) is 10.00 Å². The molecule has 0 spiro atoms. The van der Waals surface area contributed by atoms with E-state index in [0.717, 1.165) is 16.7 Å². The van der Waals surface area contributed by atoms with E-state index in [-0.39, 0.29) is 11.9 Å². The van der Waals surface area contributed by atoms with Crippen molar-refractivity contribution in [3.63, 3.8) is 0 Å². The summed E-state index contributed by atoms with van der Waals surface area (Å²) in [6.45, 7) is 3.09. The van der Waals surface area contributed by atoms with E-state index < -0.39 is 0 Å². The van der Waals surface area contributed by atoms with Crippen molar-refractivity contribution in [3.05, 3.63) is 59.7 Å². The third-order valence-electron chi connectivity index (χ3n) is 3.70. The number of esters is 1. The fourth-order valence-electron chi connectivity index (χ4n) is 2.35. The molecule has 0 bridgehead atoms. The Hall–Kier alpha value is -2.64. The molecule has 0 amide bonds. The van der Waals surface area contributed by atoms with Crippen LogP contribution in [0.1, 0.15) is 18.1 Å². The Balaban J connectivity index is 1.98. The molecule has 1 unspecified atom stereocenters. The SMILES string of the molecule is COC(=O)C(C)CNCc1ccc(-c2ccccc2C#N)cc1. The van der Waals surface area contributed by atoms with Gasteiger partial charge in [-0.15, -0.1) is 0 Å². The van der Waals surface area contributed by atoms with Crippen molar-refractivity contribution in [2.75, 3.05) is 13.7 Å². The van der Waals surface area contributed by atoms with Crippen molar-refractivity contribution in [2.45, 2.75) is 13.5 Å². The highest BCUT2D eigenvalue weighted by molar-refractivity contribution is 5.72. The first kappa shape index (κ1) is 16.7. The molecule has 0 aliphatic heterocycles. The number of hydrogen-bond donors (Lipinski definition) is 1. The van der Waals surface area contributed by atoms with Crippen molar-refractivity contribution in [2.24, 2.45) is 5.92 Å². The van der Waals surface area contributed by atoms with Gasteiger partial charge in [-0.1, -0.05) is 49.4 Å². The molecule has 0 saturated carbocycles. The summed E-state index contributed by atoms with van der Waals surface area (Å²) in [6, 6.07) is 17.9. The average molecular weight is 308 g/mol. The molecule has 4 heteroatoms. The van der Waals surface area contributed by atoms with Gasteiger partial charge in [0.15, 0.2) is 0 Å². The monoisotopic (exact) mass is 308 g/mol. The van der Waals surface area contributed by atoms with Crippen LogP contribution >= 0.6 is 0 Å². The van der Waals surface area contributed by atoms with E-state index in [2.05, 4.69) is 11.4 Å². The van der Waals surface area contributed by atoms with E-state index in [9.17, 15) is 4.79 Å². The Morgan fingerprint density at radius 1 is 1.22 bits per heavy atom. The van der Waals surface area contributed by atoms with Gasteiger partial charge in [-0.05, 0) is 22.8 Å². The fraction of sp³-hybridized carbons (Fsp3) is 0.263. The molecule has 2 aromatic rings. The van der Waals surface area contributed by atoms with E-state index in [0.29, 0.717) is 18.7 Å². The maximum Gasteiger partial charge on any atom is 0.309 e. The van der Waals surface area contributed by atoms with Gasteiger partial charge in [-0.3, -0.25) is 4.79 Å². The number of nitriles is 1. The number of carbonyl (C=O) groups is 1. The van der Waals surface area contributed by atoms with Crippen LogP contribution in [0.25, 0.3) is 11.1 Å². The molecule has 0 saturated heterocycles. The zero-order chi connectivity index (χ0) is 16.7. The van der Waals surface area contributed by atoms with Gasteiger partial charge in [0.25, 0.3) is 0 Å². The van der Waals surface area contributed by atoms with Crippen LogP contribution in [0, 0.1) is 17.2 Å². The summed E-state index contributed by atoms with van der Waals surface area (Å²) in [7, 11) is 1.40. The first-order valence-corrected chi connectivity index (χ1v) is 7.52. The van der Waals surface area contributed by atoms with Crippen molar-refractivity contribution in [3.8, 4) is 17.2 Å². The van der Waals surface area contributed by atoms with Crippen molar-refractivity contribution < 1.29 is 9.53 Å². The Morgan fingerprint density at radius 3 is 2.57 bits per heavy atom. The van der Waals surface area contributed by atoms with Crippen molar-refractivity contribution >= 4 is 5.97 Å². The highest BCUT2D eigenvalue weighted by atomic mass is 16.5. The molecule has 0 aliphatic carbocycles. The molecular weight excluding hydrogens is 288 g/mol. The van der Waals surface area contributed by atoms with Gasteiger partial charge in [-0.2, -0.15) is 5.26 Å². The summed E-state index contributed by atoms with van der Waals surface area (Å²) in [4.78, 5) is 11.3. The predicted molar refractivity (Wildman–Crippen MR) is 89.5 cm³/mol. The Labute approximate surface area is 136 Å². The van der Waals surface area contributed by atoms with Gasteiger partial charge in [0.2, 0.25) is 0 Å². The second kappa shape index (κ2) is 8.11. The average Bonchev–Trinajstić information content (AvgIpc) is 2.61. The summed E-state index contributed by atoms with van der Waals surface area (Å²) in [5, 5.41) is 12.4. The minimum atomic E-state index is -0.207. The fourth-order valence-corrected chi connectivity index (χ4v) is 2.35. The van der Waals surface area contributed by atoms with E-state index in [1.54, 1.807) is 0 Å². The maximum atomic E-state index is 11.3. The Morgan fingerprint density at radius 2 is 1.91 bits per heavy atom. The predicted octanol–water partition coefficient (Wildman–Crippen LogP) is 3.12. The maximum absolute atomic E-state index is 11.3. The number of carbonyl (C=O) groups excluding carboxylic acids is 1. The molecule has 0 radical (unpaired) electrons. The number of rotatable bonds is 6. The van der Waals surface area contributed by atoms with Crippen LogP contribution in [-0.4, -0.2) is 19.6 Å². The van der Waals surface area contributed by atoms with Crippen LogP contribution in [0.4, 0.5) is 0 Å². The quantitative estimate of drug-likeness (QED) is 0.833. The van der Waals surface area contributed by atoms with Gasteiger partial charge < -0.3 is 10.1 Å². The Bertz CT molecular complexity index is 702. The smallest absolute Gasteiger partial charge is 0.309 e. The zero-order valence-corrected chi connectivity index (χ0v) is 13.4. The zero-order valence-electron chi connectivity index (χ0n) is 13.4. The highest BCUT2D eigenvalue weighted by Gasteiger charge is 2.12. The van der Waals surface area contributed by atoms with E-state index >= 15 is 0 Å². The van der Waals surface area contributed by atoms with Crippen LogP contribution in [-0.2, 0) is 16.1 Å². The lowest BCUT2D eigenvalue weighted by Crippen LogP contribution is -2.26. The lowest BCUT2D eigenvalue weighted by molar-refractivity contribution is -0.144. The first-order valence-electron chi connectivity index (χ1n) is 7.52.